The van der Waals surface area contributed by atoms with Crippen molar-refractivity contribution in [2.45, 2.75) is 32.5 Å². The number of benzene rings is 1. The average Bonchev–Trinajstić information content (AvgIpc) is 3.43. The van der Waals surface area contributed by atoms with Crippen LogP contribution in [0.1, 0.15) is 36.5 Å². The van der Waals surface area contributed by atoms with Gasteiger partial charge in [-0.05, 0) is 35.0 Å². The largest absolute Gasteiger partial charge is 0.496 e. The van der Waals surface area contributed by atoms with Gasteiger partial charge in [0, 0.05) is 38.3 Å². The molecule has 154 valence electrons. The standard InChI is InChI=1S/C21H28N6O2/c1-3-19(21-22-23-24-27(21)16-18-8-6-14-29-18)26-12-10-25(11-13-26)15-17-7-4-5-9-20(17)28-2/h4-9,14,19H,3,10-13,15-16H2,1-2H3/t19-/m1/s1. The smallest absolute Gasteiger partial charge is 0.168 e. The van der Waals surface area contributed by atoms with E-state index in [4.69, 9.17) is 9.15 Å². The van der Waals surface area contributed by atoms with Crippen molar-refractivity contribution in [3.63, 3.8) is 0 Å². The van der Waals surface area contributed by atoms with Crippen LogP contribution in [0.2, 0.25) is 0 Å². The van der Waals surface area contributed by atoms with Crippen LogP contribution in [-0.2, 0) is 13.1 Å². The Kier molecular flexibility index (Phi) is 6.21. The zero-order valence-corrected chi connectivity index (χ0v) is 17.1. The van der Waals surface area contributed by atoms with Crippen molar-refractivity contribution in [3.05, 3.63) is 59.8 Å². The van der Waals surface area contributed by atoms with Crippen LogP contribution in [-0.4, -0.2) is 63.3 Å². The van der Waals surface area contributed by atoms with Crippen molar-refractivity contribution in [2.24, 2.45) is 0 Å². The van der Waals surface area contributed by atoms with Gasteiger partial charge < -0.3 is 9.15 Å². The molecule has 1 fully saturated rings. The second-order valence-corrected chi connectivity index (χ2v) is 7.32. The van der Waals surface area contributed by atoms with E-state index < -0.39 is 0 Å². The predicted octanol–water partition coefficient (Wildman–Crippen LogP) is 2.59. The molecule has 4 rings (SSSR count). The molecule has 2 aromatic heterocycles. The van der Waals surface area contributed by atoms with E-state index >= 15 is 0 Å². The van der Waals surface area contributed by atoms with Crippen LogP contribution in [0.5, 0.6) is 5.75 Å². The van der Waals surface area contributed by atoms with Crippen molar-refractivity contribution in [3.8, 4) is 5.75 Å². The zero-order valence-electron chi connectivity index (χ0n) is 17.1. The summed E-state index contributed by atoms with van der Waals surface area (Å²) in [4.78, 5) is 4.97. The van der Waals surface area contributed by atoms with Crippen LogP contribution in [0.25, 0.3) is 0 Å². The van der Waals surface area contributed by atoms with Crippen molar-refractivity contribution in [1.29, 1.82) is 0 Å². The van der Waals surface area contributed by atoms with E-state index in [1.165, 1.54) is 5.56 Å². The molecule has 8 heteroatoms. The Morgan fingerprint density at radius 3 is 2.62 bits per heavy atom. The third-order valence-corrected chi connectivity index (χ3v) is 5.56. The van der Waals surface area contributed by atoms with Gasteiger partial charge in [-0.3, -0.25) is 9.80 Å². The van der Waals surface area contributed by atoms with Crippen LogP contribution >= 0.6 is 0 Å². The number of aromatic nitrogens is 4. The summed E-state index contributed by atoms with van der Waals surface area (Å²) in [5.74, 6) is 2.72. The van der Waals surface area contributed by atoms with Gasteiger partial charge in [0.15, 0.2) is 5.82 Å². The number of furan rings is 1. The van der Waals surface area contributed by atoms with Crippen molar-refractivity contribution in [2.75, 3.05) is 33.3 Å². The second kappa shape index (κ2) is 9.19. The van der Waals surface area contributed by atoms with E-state index in [1.54, 1.807) is 13.4 Å². The predicted molar refractivity (Wildman–Crippen MR) is 109 cm³/mol. The maximum absolute atomic E-state index is 5.50. The van der Waals surface area contributed by atoms with E-state index in [-0.39, 0.29) is 6.04 Å². The van der Waals surface area contributed by atoms with E-state index in [1.807, 2.05) is 28.9 Å². The van der Waals surface area contributed by atoms with Crippen LogP contribution in [0, 0.1) is 0 Å². The highest BCUT2D eigenvalue weighted by Crippen LogP contribution is 2.25. The first-order valence-electron chi connectivity index (χ1n) is 10.1. The van der Waals surface area contributed by atoms with E-state index in [0.717, 1.165) is 56.5 Å². The molecular formula is C21H28N6O2. The van der Waals surface area contributed by atoms with Crippen molar-refractivity contribution in [1.82, 2.24) is 30.0 Å². The lowest BCUT2D eigenvalue weighted by molar-refractivity contribution is 0.0838. The molecular weight excluding hydrogens is 368 g/mol. The number of hydrogen-bond acceptors (Lipinski definition) is 7. The maximum atomic E-state index is 5.50. The number of para-hydroxylation sites is 1. The number of ether oxygens (including phenoxy) is 1. The summed E-state index contributed by atoms with van der Waals surface area (Å²) in [5.41, 5.74) is 1.23. The Bertz CT molecular complexity index is 886. The number of hydrogen-bond donors (Lipinski definition) is 0. The van der Waals surface area contributed by atoms with Gasteiger partial charge in [0.1, 0.15) is 18.1 Å². The van der Waals surface area contributed by atoms with Gasteiger partial charge in [-0.2, -0.15) is 0 Å². The Balaban J connectivity index is 1.39. The highest BCUT2D eigenvalue weighted by atomic mass is 16.5. The highest BCUT2D eigenvalue weighted by molar-refractivity contribution is 5.33. The fraction of sp³-hybridized carbons (Fsp3) is 0.476. The van der Waals surface area contributed by atoms with Crippen LogP contribution < -0.4 is 4.74 Å². The molecule has 1 aliphatic rings. The molecule has 3 heterocycles. The molecule has 0 bridgehead atoms. The number of rotatable bonds is 8. The molecule has 0 radical (unpaired) electrons. The highest BCUT2D eigenvalue weighted by Gasteiger charge is 2.28. The number of tetrazole rings is 1. The van der Waals surface area contributed by atoms with Gasteiger partial charge in [0.25, 0.3) is 0 Å². The second-order valence-electron chi connectivity index (χ2n) is 7.32. The Morgan fingerprint density at radius 2 is 1.90 bits per heavy atom. The van der Waals surface area contributed by atoms with Crippen LogP contribution in [0.3, 0.4) is 0 Å². The average molecular weight is 396 g/mol. The molecule has 0 unspecified atom stereocenters. The molecule has 1 aliphatic heterocycles. The van der Waals surface area contributed by atoms with Gasteiger partial charge in [-0.25, -0.2) is 4.68 Å². The summed E-state index contributed by atoms with van der Waals surface area (Å²) in [6, 6.07) is 12.3. The Hall–Kier alpha value is -2.71. The van der Waals surface area contributed by atoms with Gasteiger partial charge in [-0.1, -0.05) is 25.1 Å². The van der Waals surface area contributed by atoms with Crippen molar-refractivity contribution < 1.29 is 9.15 Å². The minimum atomic E-state index is 0.202. The Morgan fingerprint density at radius 1 is 1.07 bits per heavy atom. The molecule has 3 aromatic rings. The normalized spacial score (nSPS) is 16.8. The lowest BCUT2D eigenvalue weighted by atomic mass is 10.1. The lowest BCUT2D eigenvalue weighted by Gasteiger charge is -2.38. The number of nitrogens with zero attached hydrogens (tertiary/aromatic N) is 6. The Labute approximate surface area is 171 Å². The third-order valence-electron chi connectivity index (χ3n) is 5.56. The summed E-state index contributed by atoms with van der Waals surface area (Å²) >= 11 is 0. The first kappa shape index (κ1) is 19.6. The molecule has 1 aromatic carbocycles. The number of methoxy groups -OCH3 is 1. The maximum Gasteiger partial charge on any atom is 0.168 e. The van der Waals surface area contributed by atoms with E-state index in [9.17, 15) is 0 Å². The fourth-order valence-corrected chi connectivity index (χ4v) is 4.02. The molecule has 1 atom stereocenters. The molecule has 0 spiro atoms. The summed E-state index contributed by atoms with van der Waals surface area (Å²) in [6.45, 7) is 7.65. The molecule has 0 N–H and O–H groups in total. The molecule has 0 saturated carbocycles. The van der Waals surface area contributed by atoms with Gasteiger partial charge in [0.05, 0.1) is 19.4 Å². The quantitative estimate of drug-likeness (QED) is 0.579. The van der Waals surface area contributed by atoms with Gasteiger partial charge >= 0.3 is 0 Å². The molecule has 0 amide bonds. The van der Waals surface area contributed by atoms with Gasteiger partial charge in [0.2, 0.25) is 0 Å². The first-order valence-corrected chi connectivity index (χ1v) is 10.1. The molecule has 0 aliphatic carbocycles. The minimum Gasteiger partial charge on any atom is -0.496 e. The molecule has 29 heavy (non-hydrogen) atoms. The summed E-state index contributed by atoms with van der Waals surface area (Å²) in [7, 11) is 1.73. The first-order chi connectivity index (χ1) is 14.3. The summed E-state index contributed by atoms with van der Waals surface area (Å²) in [6.07, 6.45) is 2.64. The van der Waals surface area contributed by atoms with Crippen LogP contribution in [0.4, 0.5) is 0 Å². The topological polar surface area (TPSA) is 72.5 Å². The SMILES string of the molecule is CC[C@H](c1nnnn1Cc1ccco1)N1CCN(Cc2ccccc2OC)CC1. The van der Waals surface area contributed by atoms with E-state index in [2.05, 4.69) is 44.4 Å². The summed E-state index contributed by atoms with van der Waals surface area (Å²) < 4.78 is 12.8. The summed E-state index contributed by atoms with van der Waals surface area (Å²) in [5, 5.41) is 12.5. The molecule has 8 nitrogen and oxygen atoms in total. The van der Waals surface area contributed by atoms with E-state index in [0.29, 0.717) is 6.54 Å². The lowest BCUT2D eigenvalue weighted by Crippen LogP contribution is -2.47. The minimum absolute atomic E-state index is 0.202. The molecule has 1 saturated heterocycles. The third kappa shape index (κ3) is 4.49. The van der Waals surface area contributed by atoms with Gasteiger partial charge in [-0.15, -0.1) is 5.10 Å². The fourth-order valence-electron chi connectivity index (χ4n) is 4.02. The monoisotopic (exact) mass is 396 g/mol. The number of piperazine rings is 1. The van der Waals surface area contributed by atoms with Crippen molar-refractivity contribution >= 4 is 0 Å². The van der Waals surface area contributed by atoms with Crippen LogP contribution in [0.15, 0.2) is 47.1 Å². The zero-order chi connectivity index (χ0) is 20.1.